The van der Waals surface area contributed by atoms with Gasteiger partial charge in [0.15, 0.2) is 4.34 Å². The van der Waals surface area contributed by atoms with Crippen LogP contribution in [-0.4, -0.2) is 33.8 Å². The number of nitrogens with one attached hydrogen (secondary N) is 1. The fourth-order valence-corrected chi connectivity index (χ4v) is 3.65. The van der Waals surface area contributed by atoms with Crippen LogP contribution in [0, 0.1) is 12.8 Å². The van der Waals surface area contributed by atoms with Crippen LogP contribution in [0.3, 0.4) is 0 Å². The Bertz CT molecular complexity index is 486. The van der Waals surface area contributed by atoms with E-state index >= 15 is 0 Å². The fourth-order valence-electron chi connectivity index (χ4n) is 1.45. The molecule has 0 radical (unpaired) electrons. The van der Waals surface area contributed by atoms with Crippen LogP contribution in [0.4, 0.5) is 0 Å². The Labute approximate surface area is 127 Å². The quantitative estimate of drug-likeness (QED) is 0.756. The van der Waals surface area contributed by atoms with Gasteiger partial charge in [-0.15, -0.1) is 11.3 Å². The second kappa shape index (κ2) is 7.64. The molecular weight excluding hydrogens is 296 g/mol. The number of nitrogens with zero attached hydrogens (tertiary/aromatic N) is 1. The molecule has 0 saturated heterocycles. The van der Waals surface area contributed by atoms with Crippen molar-refractivity contribution in [3.8, 4) is 0 Å². The highest BCUT2D eigenvalue weighted by molar-refractivity contribution is 8.02. The summed E-state index contributed by atoms with van der Waals surface area (Å²) in [6.45, 7) is 8.34. The van der Waals surface area contributed by atoms with Crippen LogP contribution in [0.1, 0.15) is 42.6 Å². The number of aromatic carboxylic acids is 1. The highest BCUT2D eigenvalue weighted by atomic mass is 32.2. The first-order valence-electron chi connectivity index (χ1n) is 6.46. The summed E-state index contributed by atoms with van der Waals surface area (Å²) in [6.07, 6.45) is 0.947. The number of carbonyl (C=O) groups is 2. The Balaban J connectivity index is 2.53. The van der Waals surface area contributed by atoms with Crippen molar-refractivity contribution in [2.75, 3.05) is 6.54 Å². The zero-order chi connectivity index (χ0) is 15.3. The third-order valence-corrected chi connectivity index (χ3v) is 4.98. The molecule has 1 aromatic rings. The number of hydrogen-bond acceptors (Lipinski definition) is 5. The maximum atomic E-state index is 11.9. The number of thiazole rings is 1. The summed E-state index contributed by atoms with van der Waals surface area (Å²) in [6, 6.07) is 0. The number of carboxylic acids is 1. The normalized spacial score (nSPS) is 12.4. The van der Waals surface area contributed by atoms with Crippen molar-refractivity contribution in [1.82, 2.24) is 10.3 Å². The topological polar surface area (TPSA) is 79.3 Å². The lowest BCUT2D eigenvalue weighted by Crippen LogP contribution is -2.32. The van der Waals surface area contributed by atoms with Gasteiger partial charge in [-0.05, 0) is 26.2 Å². The summed E-state index contributed by atoms with van der Waals surface area (Å²) in [5, 5.41) is 11.6. The molecule has 2 N–H and O–H groups in total. The molecule has 1 rings (SSSR count). The maximum absolute atomic E-state index is 11.9. The van der Waals surface area contributed by atoms with Gasteiger partial charge in [0.05, 0.1) is 10.9 Å². The smallest absolute Gasteiger partial charge is 0.347 e. The van der Waals surface area contributed by atoms with Crippen LogP contribution in [0.5, 0.6) is 0 Å². The average Bonchev–Trinajstić information content (AvgIpc) is 2.69. The summed E-state index contributed by atoms with van der Waals surface area (Å²) in [4.78, 5) is 27.2. The predicted octanol–water partition coefficient (Wildman–Crippen LogP) is 2.79. The van der Waals surface area contributed by atoms with Crippen LogP contribution in [0.15, 0.2) is 4.34 Å². The fraction of sp³-hybridized carbons (Fsp3) is 0.615. The van der Waals surface area contributed by atoms with Crippen molar-refractivity contribution in [1.29, 1.82) is 0 Å². The number of aryl methyl sites for hydroxylation is 1. The Morgan fingerprint density at radius 1 is 1.40 bits per heavy atom. The molecule has 1 aromatic heterocycles. The number of carboxylic acid groups (broad SMARTS) is 1. The molecule has 1 unspecified atom stereocenters. The molecular formula is C13H20N2O3S2. The lowest BCUT2D eigenvalue weighted by Gasteiger charge is -2.11. The van der Waals surface area contributed by atoms with Crippen LogP contribution in [-0.2, 0) is 4.79 Å². The van der Waals surface area contributed by atoms with Gasteiger partial charge in [-0.25, -0.2) is 9.78 Å². The molecule has 0 aliphatic carbocycles. The average molecular weight is 316 g/mol. The second-order valence-corrected chi connectivity index (χ2v) is 7.52. The highest BCUT2D eigenvalue weighted by Crippen LogP contribution is 2.30. The molecule has 0 aromatic carbocycles. The molecule has 0 aliphatic rings. The molecule has 5 nitrogen and oxygen atoms in total. The van der Waals surface area contributed by atoms with Gasteiger partial charge in [-0.1, -0.05) is 25.6 Å². The van der Waals surface area contributed by atoms with Gasteiger partial charge in [0.1, 0.15) is 4.88 Å². The second-order valence-electron chi connectivity index (χ2n) is 4.93. The first-order chi connectivity index (χ1) is 9.31. The van der Waals surface area contributed by atoms with Crippen LogP contribution in [0.25, 0.3) is 0 Å². The van der Waals surface area contributed by atoms with Gasteiger partial charge >= 0.3 is 5.97 Å². The first-order valence-corrected chi connectivity index (χ1v) is 8.16. The summed E-state index contributed by atoms with van der Waals surface area (Å²) >= 11 is 2.41. The van der Waals surface area contributed by atoms with Crippen LogP contribution in [0.2, 0.25) is 0 Å². The number of carbonyl (C=O) groups excluding carboxylic acids is 1. The Hall–Kier alpha value is -1.08. The lowest BCUT2D eigenvalue weighted by molar-refractivity contribution is -0.120. The largest absolute Gasteiger partial charge is 0.477 e. The molecule has 0 spiro atoms. The number of hydrogen-bond donors (Lipinski definition) is 2. The Morgan fingerprint density at radius 3 is 2.55 bits per heavy atom. The Morgan fingerprint density at radius 2 is 2.05 bits per heavy atom. The number of amides is 1. The van der Waals surface area contributed by atoms with Gasteiger partial charge in [0.2, 0.25) is 5.91 Å². The molecule has 7 heteroatoms. The summed E-state index contributed by atoms with van der Waals surface area (Å²) < 4.78 is 0.617. The van der Waals surface area contributed by atoms with Gasteiger partial charge in [0.25, 0.3) is 0 Å². The van der Waals surface area contributed by atoms with Gasteiger partial charge < -0.3 is 10.4 Å². The van der Waals surface area contributed by atoms with Crippen molar-refractivity contribution >= 4 is 35.0 Å². The van der Waals surface area contributed by atoms with E-state index < -0.39 is 5.97 Å². The van der Waals surface area contributed by atoms with E-state index in [0.29, 0.717) is 22.5 Å². The minimum absolute atomic E-state index is 0.0413. The van der Waals surface area contributed by atoms with Crippen molar-refractivity contribution in [3.05, 3.63) is 10.6 Å². The van der Waals surface area contributed by atoms with Gasteiger partial charge in [-0.2, -0.15) is 0 Å². The van der Waals surface area contributed by atoms with Crippen LogP contribution < -0.4 is 5.32 Å². The molecule has 0 bridgehead atoms. The summed E-state index contributed by atoms with van der Waals surface area (Å²) in [5.74, 6) is -0.459. The number of thioether (sulfide) groups is 1. The molecule has 112 valence electrons. The third kappa shape index (κ3) is 5.13. The van der Waals surface area contributed by atoms with Crippen molar-refractivity contribution < 1.29 is 14.7 Å². The van der Waals surface area contributed by atoms with Gasteiger partial charge in [-0.3, -0.25) is 4.79 Å². The maximum Gasteiger partial charge on any atom is 0.347 e. The SMILES string of the molecule is Cc1nc(SC(C)C(=O)NCCC(C)C)sc1C(=O)O. The monoisotopic (exact) mass is 316 g/mol. The molecule has 0 aliphatic heterocycles. The Kier molecular flexibility index (Phi) is 6.48. The molecule has 0 saturated carbocycles. The standard InChI is InChI=1S/C13H20N2O3S2/c1-7(2)5-6-14-11(16)9(4)19-13-15-8(3)10(20-13)12(17)18/h7,9H,5-6H2,1-4H3,(H,14,16)(H,17,18). The predicted molar refractivity (Wildman–Crippen MR) is 81.6 cm³/mol. The van der Waals surface area contributed by atoms with E-state index in [-0.39, 0.29) is 16.0 Å². The van der Waals surface area contributed by atoms with Gasteiger partial charge in [0, 0.05) is 6.54 Å². The number of aromatic nitrogens is 1. The van der Waals surface area contributed by atoms with E-state index in [1.165, 1.54) is 11.8 Å². The number of rotatable bonds is 7. The molecule has 1 amide bonds. The molecule has 1 heterocycles. The molecule has 20 heavy (non-hydrogen) atoms. The lowest BCUT2D eigenvalue weighted by atomic mass is 10.1. The van der Waals surface area contributed by atoms with E-state index in [1.54, 1.807) is 13.8 Å². The van der Waals surface area contributed by atoms with E-state index in [4.69, 9.17) is 5.11 Å². The molecule has 1 atom stereocenters. The highest BCUT2D eigenvalue weighted by Gasteiger charge is 2.19. The van der Waals surface area contributed by atoms with E-state index in [2.05, 4.69) is 24.1 Å². The zero-order valence-corrected chi connectivity index (χ0v) is 13.7. The van der Waals surface area contributed by atoms with Crippen molar-refractivity contribution in [2.24, 2.45) is 5.92 Å². The minimum Gasteiger partial charge on any atom is -0.477 e. The van der Waals surface area contributed by atoms with E-state index in [0.717, 1.165) is 17.8 Å². The zero-order valence-electron chi connectivity index (χ0n) is 12.1. The summed E-state index contributed by atoms with van der Waals surface area (Å²) in [5.41, 5.74) is 0.498. The minimum atomic E-state index is -0.971. The van der Waals surface area contributed by atoms with Crippen molar-refractivity contribution in [2.45, 2.75) is 43.7 Å². The third-order valence-electron chi connectivity index (χ3n) is 2.64. The van der Waals surface area contributed by atoms with E-state index in [1.807, 2.05) is 0 Å². The van der Waals surface area contributed by atoms with Crippen LogP contribution >= 0.6 is 23.1 Å². The van der Waals surface area contributed by atoms with E-state index in [9.17, 15) is 9.59 Å². The molecule has 0 fully saturated rings. The summed E-state index contributed by atoms with van der Waals surface area (Å²) in [7, 11) is 0. The van der Waals surface area contributed by atoms with Crippen molar-refractivity contribution in [3.63, 3.8) is 0 Å². The first kappa shape index (κ1) is 17.0.